The first-order chi connectivity index (χ1) is 39.4. The van der Waals surface area contributed by atoms with Gasteiger partial charge in [0.15, 0.2) is 0 Å². The van der Waals surface area contributed by atoms with E-state index in [2.05, 4.69) is 33.5 Å². The lowest BCUT2D eigenvalue weighted by Crippen LogP contribution is -2.61. The molecule has 7 amide bonds. The Hall–Kier alpha value is -8.33. The number of phenolic OH excluding ortho intramolecular Hbond substituents is 2. The fourth-order valence-electron chi connectivity index (χ4n) is 10.6. The smallest absolute Gasteiger partial charge is 0.251 e. The molecule has 11 N–H and O–H groups in total. The second-order valence-electron chi connectivity index (χ2n) is 21.5. The Labute approximate surface area is 476 Å². The molecule has 3 saturated heterocycles. The quantitative estimate of drug-likeness (QED) is 0.0672. The zero-order chi connectivity index (χ0) is 58.5. The Morgan fingerprint density at radius 3 is 1.84 bits per heavy atom. The SMILES string of the molecule is CCCCCOc1ccc(-c2ccc(-c3ccc(C(=O)N[C@H]4CCCNC(=O)[C@@H]5C[C@H](N)CN5C(=O)[C@H](Cc5ccc(O)cc5)NC(=O)[C@H](CCc5ccc(O)cc5)NC(=O)[C@@H]5C[C@@H](O)CN5C(=O)[C@H]([C@@H](C)O)NC4=O)cc3)cc2)cc1. The van der Waals surface area contributed by atoms with Gasteiger partial charge in [-0.1, -0.05) is 92.6 Å². The highest BCUT2D eigenvalue weighted by Crippen LogP contribution is 2.28. The molecule has 3 heterocycles. The molecule has 82 heavy (non-hydrogen) atoms. The Balaban J connectivity index is 1.04. The fraction of sp³-hybridized carbons (Fsp3) is 0.403. The molecule has 3 fully saturated rings. The van der Waals surface area contributed by atoms with Crippen LogP contribution in [-0.4, -0.2) is 152 Å². The molecule has 0 aromatic heterocycles. The molecule has 8 rings (SSSR count). The maximum Gasteiger partial charge on any atom is 0.251 e. The molecular formula is C62H74N8O12. The summed E-state index contributed by atoms with van der Waals surface area (Å²) in [6, 6.07) is 26.2. The van der Waals surface area contributed by atoms with Crippen LogP contribution < -0.4 is 37.1 Å². The van der Waals surface area contributed by atoms with Gasteiger partial charge in [-0.2, -0.15) is 0 Å². The van der Waals surface area contributed by atoms with Crippen LogP contribution in [-0.2, 0) is 41.6 Å². The molecule has 0 aliphatic carbocycles. The Bertz CT molecular complexity index is 3010. The number of nitrogens with one attached hydrogen (secondary N) is 5. The van der Waals surface area contributed by atoms with Gasteiger partial charge in [-0.15, -0.1) is 0 Å². The van der Waals surface area contributed by atoms with Gasteiger partial charge in [0.05, 0.1) is 18.8 Å². The number of phenols is 2. The highest BCUT2D eigenvalue weighted by atomic mass is 16.5. The first-order valence-electron chi connectivity index (χ1n) is 28.2. The molecule has 434 valence electrons. The number of ether oxygens (including phenoxy) is 1. The number of nitrogens with two attached hydrogens (primary N) is 1. The maximum absolute atomic E-state index is 14.8. The fourth-order valence-corrected chi connectivity index (χ4v) is 10.6. The van der Waals surface area contributed by atoms with E-state index in [0.29, 0.717) is 17.7 Å². The number of carbonyl (C=O) groups excluding carboxylic acids is 7. The number of hydrogen-bond acceptors (Lipinski definition) is 13. The van der Waals surface area contributed by atoms with Crippen LogP contribution in [0.4, 0.5) is 0 Å². The molecule has 3 aliphatic rings. The van der Waals surface area contributed by atoms with Crippen molar-refractivity contribution in [2.24, 2.45) is 5.73 Å². The van der Waals surface area contributed by atoms with Crippen molar-refractivity contribution in [1.29, 1.82) is 0 Å². The van der Waals surface area contributed by atoms with Crippen LogP contribution in [0.3, 0.4) is 0 Å². The number of aromatic hydroxyl groups is 2. The normalized spacial score (nSPS) is 23.5. The predicted octanol–water partition coefficient (Wildman–Crippen LogP) is 3.61. The molecule has 0 bridgehead atoms. The third-order valence-corrected chi connectivity index (χ3v) is 15.3. The van der Waals surface area contributed by atoms with Crippen molar-refractivity contribution in [3.8, 4) is 39.5 Å². The number of rotatable bonds is 15. The summed E-state index contributed by atoms with van der Waals surface area (Å²) in [7, 11) is 0. The summed E-state index contributed by atoms with van der Waals surface area (Å²) in [4.78, 5) is 103. The highest BCUT2D eigenvalue weighted by molar-refractivity contribution is 6.00. The number of aryl methyl sites for hydroxylation is 1. The van der Waals surface area contributed by atoms with Gasteiger partial charge in [-0.3, -0.25) is 33.6 Å². The van der Waals surface area contributed by atoms with Gasteiger partial charge in [-0.05, 0) is 127 Å². The molecule has 0 unspecified atom stereocenters. The minimum absolute atomic E-state index is 0.00993. The number of benzene rings is 5. The number of carbonyl (C=O) groups is 7. The van der Waals surface area contributed by atoms with Crippen LogP contribution in [0.5, 0.6) is 17.2 Å². The second kappa shape index (κ2) is 27.9. The summed E-state index contributed by atoms with van der Waals surface area (Å²) in [5.41, 5.74) is 11.6. The van der Waals surface area contributed by atoms with E-state index >= 15 is 0 Å². The summed E-state index contributed by atoms with van der Waals surface area (Å²) in [5.74, 6) is -4.45. The summed E-state index contributed by atoms with van der Waals surface area (Å²) >= 11 is 0. The van der Waals surface area contributed by atoms with Crippen molar-refractivity contribution >= 4 is 41.4 Å². The molecule has 20 nitrogen and oxygen atoms in total. The van der Waals surface area contributed by atoms with Gasteiger partial charge in [0.1, 0.15) is 53.5 Å². The molecule has 5 aromatic carbocycles. The molecule has 0 radical (unpaired) electrons. The number of aliphatic hydroxyl groups is 2. The number of amides is 7. The predicted molar refractivity (Wildman–Crippen MR) is 306 cm³/mol. The zero-order valence-electron chi connectivity index (χ0n) is 46.2. The van der Waals surface area contributed by atoms with Crippen molar-refractivity contribution in [2.75, 3.05) is 26.2 Å². The lowest BCUT2D eigenvalue weighted by molar-refractivity contribution is -0.145. The van der Waals surface area contributed by atoms with E-state index in [-0.39, 0.29) is 81.6 Å². The average Bonchev–Trinajstić information content (AvgIpc) is 4.19. The van der Waals surface area contributed by atoms with E-state index in [1.807, 2.05) is 48.5 Å². The van der Waals surface area contributed by atoms with Crippen molar-refractivity contribution in [1.82, 2.24) is 36.4 Å². The number of nitrogens with zero attached hydrogens (tertiary/aromatic N) is 2. The second-order valence-corrected chi connectivity index (χ2v) is 21.5. The molecule has 5 aromatic rings. The number of hydrogen-bond donors (Lipinski definition) is 10. The van der Waals surface area contributed by atoms with E-state index in [0.717, 1.165) is 52.2 Å². The van der Waals surface area contributed by atoms with Gasteiger partial charge < -0.3 is 67.3 Å². The van der Waals surface area contributed by atoms with Crippen molar-refractivity contribution < 1.29 is 58.7 Å². The minimum Gasteiger partial charge on any atom is -0.508 e. The Morgan fingerprint density at radius 1 is 0.671 bits per heavy atom. The lowest BCUT2D eigenvalue weighted by atomic mass is 9.99. The van der Waals surface area contributed by atoms with Crippen molar-refractivity contribution in [2.45, 2.75) is 133 Å². The van der Waals surface area contributed by atoms with E-state index in [1.165, 1.54) is 36.1 Å². The standard InChI is InChI=1S/C62H74N8O12/c1-3-4-5-31-82-49-27-21-43(22-28-49)41-15-13-40(14-16-41)42-17-19-44(20-18-42)56(75)65-50-7-6-30-64-59(78)53-33-45(63)35-69(53)61(80)52(32-39-10-25-47(73)26-11-39)67-57(76)51(29-12-38-8-23-46(72)24-9-38)66-60(79)54-34-48(74)36-70(54)62(81)55(37(2)71)68-58(50)77/h8-11,13-28,37,45,48,50-55,71-74H,3-7,12,29-36,63H2,1-2H3,(H,64,78)(H,65,75)(H,66,79)(H,67,76)(H,68,77)/t37-,45+,48-,50+,51+,52+,53+,54+,55+/m1/s1. The minimum atomic E-state index is -1.68. The van der Waals surface area contributed by atoms with E-state index < -0.39 is 95.9 Å². The molecule has 0 saturated carbocycles. The van der Waals surface area contributed by atoms with Gasteiger partial charge in [0.2, 0.25) is 35.4 Å². The summed E-state index contributed by atoms with van der Waals surface area (Å²) in [6.07, 6.45) is 0.356. The topological polar surface area (TPSA) is 302 Å². The van der Waals surface area contributed by atoms with E-state index in [1.54, 1.807) is 48.5 Å². The summed E-state index contributed by atoms with van der Waals surface area (Å²) < 4.78 is 5.87. The van der Waals surface area contributed by atoms with Crippen LogP contribution >= 0.6 is 0 Å². The molecular weight excluding hydrogens is 1050 g/mol. The highest BCUT2D eigenvalue weighted by Gasteiger charge is 2.45. The summed E-state index contributed by atoms with van der Waals surface area (Å²) in [6.45, 7) is 3.66. The van der Waals surface area contributed by atoms with Crippen LogP contribution in [0.25, 0.3) is 22.3 Å². The molecule has 0 spiro atoms. The van der Waals surface area contributed by atoms with Crippen molar-refractivity contribution in [3.05, 3.63) is 138 Å². The van der Waals surface area contributed by atoms with Gasteiger partial charge in [0.25, 0.3) is 5.91 Å². The van der Waals surface area contributed by atoms with Gasteiger partial charge in [0, 0.05) is 44.1 Å². The van der Waals surface area contributed by atoms with Crippen LogP contribution in [0.15, 0.2) is 121 Å². The number of fused-ring (bicyclic) bond motifs is 2. The molecule has 9 atom stereocenters. The third kappa shape index (κ3) is 15.6. The van der Waals surface area contributed by atoms with Crippen LogP contribution in [0.1, 0.15) is 86.7 Å². The van der Waals surface area contributed by atoms with E-state index in [4.69, 9.17) is 10.5 Å². The first kappa shape index (κ1) is 59.8. The van der Waals surface area contributed by atoms with E-state index in [9.17, 15) is 54.0 Å². The maximum atomic E-state index is 14.8. The monoisotopic (exact) mass is 1120 g/mol. The number of aliphatic hydroxyl groups excluding tert-OH is 2. The largest absolute Gasteiger partial charge is 0.508 e. The van der Waals surface area contributed by atoms with Gasteiger partial charge in [-0.25, -0.2) is 0 Å². The molecule has 20 heteroatoms. The summed E-state index contributed by atoms with van der Waals surface area (Å²) in [5, 5.41) is 55.8. The van der Waals surface area contributed by atoms with Crippen LogP contribution in [0.2, 0.25) is 0 Å². The average molecular weight is 1120 g/mol. The number of unbranched alkanes of at least 4 members (excludes halogenated alkanes) is 2. The Morgan fingerprint density at radius 2 is 1.23 bits per heavy atom. The van der Waals surface area contributed by atoms with Gasteiger partial charge >= 0.3 is 0 Å². The lowest BCUT2D eigenvalue weighted by Gasteiger charge is -2.32. The Kier molecular flexibility index (Phi) is 20.3. The van der Waals surface area contributed by atoms with Crippen molar-refractivity contribution in [3.63, 3.8) is 0 Å². The zero-order valence-corrected chi connectivity index (χ0v) is 46.2. The first-order valence-corrected chi connectivity index (χ1v) is 28.2. The third-order valence-electron chi connectivity index (χ3n) is 15.3. The van der Waals surface area contributed by atoms with Crippen LogP contribution in [0, 0.1) is 0 Å². The molecule has 3 aliphatic heterocycles.